The maximum absolute atomic E-state index is 13.7. The molecule has 1 aromatic carbocycles. The number of pyridine rings is 1. The van der Waals surface area contributed by atoms with Crippen molar-refractivity contribution < 1.29 is 13.6 Å². The molecule has 0 fully saturated rings. The van der Waals surface area contributed by atoms with E-state index in [1.807, 2.05) is 0 Å². The van der Waals surface area contributed by atoms with Gasteiger partial charge in [0, 0.05) is 17.1 Å². The van der Waals surface area contributed by atoms with Crippen LogP contribution in [-0.2, 0) is 0 Å². The average molecular weight is 352 g/mol. The number of halogens is 3. The van der Waals surface area contributed by atoms with Gasteiger partial charge in [-0.2, -0.15) is 0 Å². The number of nitrogens with zero attached hydrogens (tertiary/aromatic N) is 2. The van der Waals surface area contributed by atoms with Crippen LogP contribution in [0.1, 0.15) is 10.4 Å². The van der Waals surface area contributed by atoms with Gasteiger partial charge in [0.25, 0.3) is 5.91 Å². The highest BCUT2D eigenvalue weighted by Gasteiger charge is 2.13. The lowest BCUT2D eigenvalue weighted by molar-refractivity contribution is 0.102. The zero-order valence-corrected chi connectivity index (χ0v) is 13.0. The van der Waals surface area contributed by atoms with Crippen LogP contribution in [0.25, 0.3) is 11.3 Å². The van der Waals surface area contributed by atoms with E-state index in [4.69, 9.17) is 11.6 Å². The van der Waals surface area contributed by atoms with Crippen molar-refractivity contribution in [1.29, 1.82) is 0 Å². The van der Waals surface area contributed by atoms with Gasteiger partial charge in [0.05, 0.1) is 11.3 Å². The molecule has 116 valence electrons. The number of thiazole rings is 1. The van der Waals surface area contributed by atoms with Crippen LogP contribution >= 0.6 is 22.9 Å². The fourth-order valence-electron chi connectivity index (χ4n) is 1.83. The van der Waals surface area contributed by atoms with Crippen LogP contribution in [0.2, 0.25) is 5.15 Å². The smallest absolute Gasteiger partial charge is 0.259 e. The second-order valence-electron chi connectivity index (χ2n) is 4.49. The predicted octanol–water partition coefficient (Wildman–Crippen LogP) is 4.39. The Balaban J connectivity index is 1.81. The Hall–Kier alpha value is -2.38. The molecule has 0 aliphatic heterocycles. The Bertz CT molecular complexity index is 867. The molecule has 3 rings (SSSR count). The zero-order valence-electron chi connectivity index (χ0n) is 11.4. The van der Waals surface area contributed by atoms with Crippen molar-refractivity contribution in [3.05, 3.63) is 64.3 Å². The Labute approximate surface area is 138 Å². The number of carbonyl (C=O) groups excluding carboxylic acids is 1. The standard InChI is InChI=1S/C15H8ClF2N3OS/c16-13-4-1-8(6-19-13)14(22)21-15-20-12(7-23-15)10-5-9(17)2-3-11(10)18/h1-7H,(H,20,21,22). The van der Waals surface area contributed by atoms with E-state index in [0.717, 1.165) is 29.5 Å². The number of amides is 1. The van der Waals surface area contributed by atoms with Gasteiger partial charge in [0.1, 0.15) is 16.8 Å². The van der Waals surface area contributed by atoms with Crippen LogP contribution in [0.4, 0.5) is 13.9 Å². The summed E-state index contributed by atoms with van der Waals surface area (Å²) in [5, 5.41) is 4.65. The van der Waals surface area contributed by atoms with Gasteiger partial charge in [-0.1, -0.05) is 11.6 Å². The molecule has 0 atom stereocenters. The van der Waals surface area contributed by atoms with E-state index in [9.17, 15) is 13.6 Å². The molecule has 0 aliphatic carbocycles. The first-order chi connectivity index (χ1) is 11.0. The molecule has 0 saturated carbocycles. The molecule has 0 saturated heterocycles. The summed E-state index contributed by atoms with van der Waals surface area (Å²) >= 11 is 6.76. The van der Waals surface area contributed by atoms with E-state index in [1.165, 1.54) is 23.7 Å². The molecule has 8 heteroatoms. The second-order valence-corrected chi connectivity index (χ2v) is 5.73. The van der Waals surface area contributed by atoms with Crippen LogP contribution in [0.3, 0.4) is 0 Å². The first-order valence-electron chi connectivity index (χ1n) is 6.37. The largest absolute Gasteiger partial charge is 0.298 e. The molecule has 4 nitrogen and oxygen atoms in total. The van der Waals surface area contributed by atoms with E-state index in [0.29, 0.717) is 5.56 Å². The van der Waals surface area contributed by atoms with Crippen molar-refractivity contribution in [3.63, 3.8) is 0 Å². The Kier molecular flexibility index (Phi) is 4.31. The van der Waals surface area contributed by atoms with E-state index in [2.05, 4.69) is 15.3 Å². The fourth-order valence-corrected chi connectivity index (χ4v) is 2.65. The van der Waals surface area contributed by atoms with Crippen molar-refractivity contribution in [2.24, 2.45) is 0 Å². The normalized spacial score (nSPS) is 10.6. The molecule has 0 radical (unpaired) electrons. The van der Waals surface area contributed by atoms with Gasteiger partial charge >= 0.3 is 0 Å². The Morgan fingerprint density at radius 3 is 2.78 bits per heavy atom. The molecule has 23 heavy (non-hydrogen) atoms. The highest BCUT2D eigenvalue weighted by molar-refractivity contribution is 7.14. The number of rotatable bonds is 3. The van der Waals surface area contributed by atoms with Crippen LogP contribution in [0, 0.1) is 11.6 Å². The minimum absolute atomic E-state index is 0.0370. The number of anilines is 1. The molecular weight excluding hydrogens is 344 g/mol. The number of aromatic nitrogens is 2. The van der Waals surface area contributed by atoms with Crippen molar-refractivity contribution in [1.82, 2.24) is 9.97 Å². The van der Waals surface area contributed by atoms with Crippen LogP contribution in [0.5, 0.6) is 0 Å². The lowest BCUT2D eigenvalue weighted by Gasteiger charge is -2.01. The highest BCUT2D eigenvalue weighted by Crippen LogP contribution is 2.27. The molecule has 2 heterocycles. The topological polar surface area (TPSA) is 54.9 Å². The SMILES string of the molecule is O=C(Nc1nc(-c2cc(F)ccc2F)cs1)c1ccc(Cl)nc1. The third kappa shape index (κ3) is 3.52. The summed E-state index contributed by atoms with van der Waals surface area (Å²) in [7, 11) is 0. The van der Waals surface area contributed by atoms with Gasteiger partial charge in [-0.15, -0.1) is 11.3 Å². The number of benzene rings is 1. The van der Waals surface area contributed by atoms with Gasteiger partial charge in [0.15, 0.2) is 5.13 Å². The van der Waals surface area contributed by atoms with E-state index in [1.54, 1.807) is 0 Å². The maximum Gasteiger partial charge on any atom is 0.259 e. The van der Waals surface area contributed by atoms with E-state index < -0.39 is 17.5 Å². The van der Waals surface area contributed by atoms with Gasteiger partial charge in [0.2, 0.25) is 0 Å². The number of hydrogen-bond donors (Lipinski definition) is 1. The quantitative estimate of drug-likeness (QED) is 0.712. The first-order valence-corrected chi connectivity index (χ1v) is 7.62. The summed E-state index contributed by atoms with van der Waals surface area (Å²) in [5.74, 6) is -1.57. The molecule has 0 aliphatic rings. The molecule has 1 N–H and O–H groups in total. The molecule has 2 aromatic heterocycles. The highest BCUT2D eigenvalue weighted by atomic mass is 35.5. The summed E-state index contributed by atoms with van der Waals surface area (Å²) in [4.78, 5) is 19.9. The summed E-state index contributed by atoms with van der Waals surface area (Å²) in [6.45, 7) is 0. The van der Waals surface area contributed by atoms with Crippen molar-refractivity contribution >= 4 is 34.0 Å². The first kappa shape index (κ1) is 15.5. The van der Waals surface area contributed by atoms with Crippen LogP contribution in [-0.4, -0.2) is 15.9 Å². The molecular formula is C15H8ClF2N3OS. The lowest BCUT2D eigenvalue weighted by atomic mass is 10.1. The van der Waals surface area contributed by atoms with Gasteiger partial charge < -0.3 is 0 Å². The van der Waals surface area contributed by atoms with Crippen LogP contribution < -0.4 is 5.32 Å². The maximum atomic E-state index is 13.7. The third-order valence-corrected chi connectivity index (χ3v) is 3.90. The fraction of sp³-hybridized carbons (Fsp3) is 0. The minimum Gasteiger partial charge on any atom is -0.298 e. The number of carbonyl (C=O) groups is 1. The van der Waals surface area contributed by atoms with Crippen molar-refractivity contribution in [2.45, 2.75) is 0 Å². The van der Waals surface area contributed by atoms with Crippen LogP contribution in [0.15, 0.2) is 41.9 Å². The minimum atomic E-state index is -0.587. The third-order valence-electron chi connectivity index (χ3n) is 2.92. The molecule has 1 amide bonds. The van der Waals surface area contributed by atoms with Gasteiger partial charge in [-0.25, -0.2) is 18.7 Å². The lowest BCUT2D eigenvalue weighted by Crippen LogP contribution is -2.11. The number of hydrogen-bond acceptors (Lipinski definition) is 4. The summed E-state index contributed by atoms with van der Waals surface area (Å²) in [5.41, 5.74) is 0.592. The second kappa shape index (κ2) is 6.39. The number of nitrogens with one attached hydrogen (secondary N) is 1. The zero-order chi connectivity index (χ0) is 16.4. The van der Waals surface area contributed by atoms with E-state index in [-0.39, 0.29) is 21.5 Å². The van der Waals surface area contributed by atoms with Gasteiger partial charge in [-0.3, -0.25) is 10.1 Å². The molecule has 3 aromatic rings. The van der Waals surface area contributed by atoms with E-state index >= 15 is 0 Å². The average Bonchev–Trinajstić information content (AvgIpc) is 2.98. The summed E-state index contributed by atoms with van der Waals surface area (Å²) < 4.78 is 26.9. The molecule has 0 unspecified atom stereocenters. The monoisotopic (exact) mass is 351 g/mol. The molecule has 0 bridgehead atoms. The predicted molar refractivity (Wildman–Crippen MR) is 84.7 cm³/mol. The molecule has 0 spiro atoms. The van der Waals surface area contributed by atoms with Crippen molar-refractivity contribution in [3.8, 4) is 11.3 Å². The van der Waals surface area contributed by atoms with Gasteiger partial charge in [-0.05, 0) is 30.3 Å². The summed E-state index contributed by atoms with van der Waals surface area (Å²) in [6.07, 6.45) is 1.33. The Morgan fingerprint density at radius 2 is 2.04 bits per heavy atom. The Morgan fingerprint density at radius 1 is 1.22 bits per heavy atom. The summed E-state index contributed by atoms with van der Waals surface area (Å²) in [6, 6.07) is 6.12. The van der Waals surface area contributed by atoms with Crippen molar-refractivity contribution in [2.75, 3.05) is 5.32 Å².